The number of benzene rings is 1. The van der Waals surface area contributed by atoms with Crippen LogP contribution in [0.2, 0.25) is 0 Å². The Morgan fingerprint density at radius 2 is 2.00 bits per heavy atom. The van der Waals surface area contributed by atoms with Crippen molar-refractivity contribution < 1.29 is 9.47 Å². The number of hydrogen-bond donors (Lipinski definition) is 0. The molecule has 0 saturated heterocycles. The first-order valence-electron chi connectivity index (χ1n) is 8.40. The average Bonchev–Trinajstić information content (AvgIpc) is 3.35. The highest BCUT2D eigenvalue weighted by Gasteiger charge is 2.32. The molecule has 1 aromatic carbocycles. The number of para-hydroxylation sites is 1. The minimum Gasteiger partial charge on any atom is -0.486 e. The molecular weight excluding hydrogens is 292 g/mol. The Hall–Kier alpha value is -2.08. The first-order valence-corrected chi connectivity index (χ1v) is 8.40. The Kier molecular flexibility index (Phi) is 3.04. The molecule has 1 saturated carbocycles. The van der Waals surface area contributed by atoms with Crippen molar-refractivity contribution in [2.24, 2.45) is 0 Å². The SMILES string of the molecule is c1cc(CN2CCn3c(nnc3C3CC3)C2)c2c(c1)OCCO2. The van der Waals surface area contributed by atoms with Crippen molar-refractivity contribution in [2.45, 2.75) is 38.4 Å². The summed E-state index contributed by atoms with van der Waals surface area (Å²) in [5, 5.41) is 8.83. The first-order chi connectivity index (χ1) is 11.4. The van der Waals surface area contributed by atoms with Crippen LogP contribution in [-0.4, -0.2) is 39.4 Å². The molecule has 2 aromatic rings. The van der Waals surface area contributed by atoms with Crippen LogP contribution in [0.15, 0.2) is 18.2 Å². The molecule has 0 unspecified atom stereocenters. The Morgan fingerprint density at radius 1 is 1.09 bits per heavy atom. The predicted octanol–water partition coefficient (Wildman–Crippen LogP) is 1.94. The second kappa shape index (κ2) is 5.23. The molecular formula is C17H20N4O2. The molecule has 0 N–H and O–H groups in total. The molecule has 0 amide bonds. The van der Waals surface area contributed by atoms with Crippen LogP contribution in [-0.2, 0) is 19.6 Å². The summed E-state index contributed by atoms with van der Waals surface area (Å²) in [7, 11) is 0. The molecule has 2 aliphatic heterocycles. The maximum Gasteiger partial charge on any atom is 0.165 e. The average molecular weight is 312 g/mol. The smallest absolute Gasteiger partial charge is 0.165 e. The van der Waals surface area contributed by atoms with Crippen LogP contribution >= 0.6 is 0 Å². The van der Waals surface area contributed by atoms with Gasteiger partial charge in [0.25, 0.3) is 0 Å². The van der Waals surface area contributed by atoms with Gasteiger partial charge in [-0.15, -0.1) is 10.2 Å². The van der Waals surface area contributed by atoms with Crippen LogP contribution in [0.1, 0.15) is 36.0 Å². The van der Waals surface area contributed by atoms with Gasteiger partial charge in [-0.25, -0.2) is 0 Å². The van der Waals surface area contributed by atoms with E-state index in [0.717, 1.165) is 43.5 Å². The van der Waals surface area contributed by atoms with Gasteiger partial charge in [0.1, 0.15) is 24.9 Å². The van der Waals surface area contributed by atoms with Crippen LogP contribution in [0, 0.1) is 0 Å². The van der Waals surface area contributed by atoms with E-state index in [1.165, 1.54) is 24.2 Å². The maximum atomic E-state index is 5.82. The van der Waals surface area contributed by atoms with E-state index in [0.29, 0.717) is 19.1 Å². The molecule has 1 aromatic heterocycles. The molecule has 120 valence electrons. The van der Waals surface area contributed by atoms with Gasteiger partial charge < -0.3 is 14.0 Å². The lowest BCUT2D eigenvalue weighted by Gasteiger charge is -2.29. The molecule has 0 spiro atoms. The number of nitrogens with zero attached hydrogens (tertiary/aromatic N) is 4. The van der Waals surface area contributed by atoms with Crippen LogP contribution in [0.5, 0.6) is 11.5 Å². The van der Waals surface area contributed by atoms with Gasteiger partial charge in [-0.3, -0.25) is 4.90 Å². The summed E-state index contributed by atoms with van der Waals surface area (Å²) in [6.07, 6.45) is 2.55. The molecule has 6 nitrogen and oxygen atoms in total. The van der Waals surface area contributed by atoms with E-state index >= 15 is 0 Å². The second-order valence-corrected chi connectivity index (χ2v) is 6.55. The summed E-state index contributed by atoms with van der Waals surface area (Å²) in [6, 6.07) is 6.15. The Bertz CT molecular complexity index is 738. The summed E-state index contributed by atoms with van der Waals surface area (Å²) in [5.74, 6) is 4.73. The number of hydrogen-bond acceptors (Lipinski definition) is 5. The summed E-state index contributed by atoms with van der Waals surface area (Å²) < 4.78 is 13.8. The van der Waals surface area contributed by atoms with Gasteiger partial charge in [0, 0.05) is 31.1 Å². The normalized spacial score (nSPS) is 20.3. The van der Waals surface area contributed by atoms with E-state index in [1.807, 2.05) is 12.1 Å². The van der Waals surface area contributed by atoms with Crippen LogP contribution in [0.4, 0.5) is 0 Å². The number of ether oxygens (including phenoxy) is 2. The number of rotatable bonds is 3. The summed E-state index contributed by atoms with van der Waals surface area (Å²) in [6.45, 7) is 4.98. The zero-order chi connectivity index (χ0) is 15.2. The molecule has 1 aliphatic carbocycles. The van der Waals surface area contributed by atoms with E-state index in [-0.39, 0.29) is 0 Å². The molecule has 0 bridgehead atoms. The van der Waals surface area contributed by atoms with Crippen molar-refractivity contribution in [2.75, 3.05) is 19.8 Å². The van der Waals surface area contributed by atoms with Crippen molar-refractivity contribution >= 4 is 0 Å². The molecule has 3 aliphatic rings. The molecule has 6 heteroatoms. The Balaban J connectivity index is 1.36. The predicted molar refractivity (Wildman–Crippen MR) is 83.5 cm³/mol. The maximum absolute atomic E-state index is 5.82. The zero-order valence-electron chi connectivity index (χ0n) is 13.1. The van der Waals surface area contributed by atoms with Crippen LogP contribution in [0.25, 0.3) is 0 Å². The minimum absolute atomic E-state index is 0.628. The van der Waals surface area contributed by atoms with E-state index in [4.69, 9.17) is 9.47 Å². The van der Waals surface area contributed by atoms with Gasteiger partial charge in [-0.05, 0) is 18.9 Å². The molecule has 0 radical (unpaired) electrons. The fraction of sp³-hybridized carbons (Fsp3) is 0.529. The number of fused-ring (bicyclic) bond motifs is 2. The highest BCUT2D eigenvalue weighted by Crippen LogP contribution is 2.40. The third-order valence-electron chi connectivity index (χ3n) is 4.85. The van der Waals surface area contributed by atoms with Crippen molar-refractivity contribution in [3.05, 3.63) is 35.4 Å². The van der Waals surface area contributed by atoms with Crippen molar-refractivity contribution in [3.8, 4) is 11.5 Å². The largest absolute Gasteiger partial charge is 0.486 e. The van der Waals surface area contributed by atoms with E-state index in [2.05, 4.69) is 25.7 Å². The monoisotopic (exact) mass is 312 g/mol. The van der Waals surface area contributed by atoms with E-state index in [1.54, 1.807) is 0 Å². The zero-order valence-corrected chi connectivity index (χ0v) is 13.1. The standard InChI is InChI=1S/C17H20N4O2/c1-2-13(16-14(3-1)22-8-9-23-16)10-20-6-7-21-15(11-20)18-19-17(21)12-4-5-12/h1-3,12H,4-11H2. The van der Waals surface area contributed by atoms with Gasteiger partial charge in [0.05, 0.1) is 6.54 Å². The fourth-order valence-corrected chi connectivity index (χ4v) is 3.51. The van der Waals surface area contributed by atoms with Crippen LogP contribution in [0.3, 0.4) is 0 Å². The van der Waals surface area contributed by atoms with Crippen molar-refractivity contribution in [1.82, 2.24) is 19.7 Å². The summed E-state index contributed by atoms with van der Waals surface area (Å²) >= 11 is 0. The van der Waals surface area contributed by atoms with Gasteiger partial charge in [-0.2, -0.15) is 0 Å². The molecule has 23 heavy (non-hydrogen) atoms. The molecule has 1 fully saturated rings. The summed E-state index contributed by atoms with van der Waals surface area (Å²) in [4.78, 5) is 2.41. The van der Waals surface area contributed by atoms with E-state index in [9.17, 15) is 0 Å². The van der Waals surface area contributed by atoms with Crippen molar-refractivity contribution in [3.63, 3.8) is 0 Å². The third kappa shape index (κ3) is 2.37. The number of aromatic nitrogens is 3. The lowest BCUT2D eigenvalue weighted by molar-refractivity contribution is 0.162. The van der Waals surface area contributed by atoms with Gasteiger partial charge >= 0.3 is 0 Å². The molecule has 3 heterocycles. The topological polar surface area (TPSA) is 52.4 Å². The van der Waals surface area contributed by atoms with Gasteiger partial charge in [-0.1, -0.05) is 12.1 Å². The fourth-order valence-electron chi connectivity index (χ4n) is 3.51. The third-order valence-corrected chi connectivity index (χ3v) is 4.85. The van der Waals surface area contributed by atoms with Gasteiger partial charge in [0.2, 0.25) is 0 Å². The quantitative estimate of drug-likeness (QED) is 0.867. The lowest BCUT2D eigenvalue weighted by Crippen LogP contribution is -2.34. The minimum atomic E-state index is 0.628. The molecule has 5 rings (SSSR count). The highest BCUT2D eigenvalue weighted by molar-refractivity contribution is 5.47. The lowest BCUT2D eigenvalue weighted by atomic mass is 10.1. The highest BCUT2D eigenvalue weighted by atomic mass is 16.6. The molecule has 0 atom stereocenters. The second-order valence-electron chi connectivity index (χ2n) is 6.55. The Labute approximate surface area is 135 Å². The Morgan fingerprint density at radius 3 is 2.91 bits per heavy atom. The van der Waals surface area contributed by atoms with E-state index < -0.39 is 0 Å². The van der Waals surface area contributed by atoms with Gasteiger partial charge in [0.15, 0.2) is 11.5 Å². The first kappa shape index (κ1) is 13.4. The summed E-state index contributed by atoms with van der Waals surface area (Å²) in [5.41, 5.74) is 1.19. The van der Waals surface area contributed by atoms with Crippen LogP contribution < -0.4 is 9.47 Å². The van der Waals surface area contributed by atoms with Crippen molar-refractivity contribution in [1.29, 1.82) is 0 Å².